The van der Waals surface area contributed by atoms with Crippen LogP contribution in [-0.2, 0) is 20.0 Å². The predicted molar refractivity (Wildman–Crippen MR) is 107 cm³/mol. The first-order valence-electron chi connectivity index (χ1n) is 9.70. The molecule has 0 amide bonds. The zero-order valence-electron chi connectivity index (χ0n) is 16.0. The number of hydrogen-bond acceptors (Lipinski definition) is 6. The molecule has 4 aromatic rings. The molecule has 0 saturated carbocycles. The first-order chi connectivity index (χ1) is 14.3. The van der Waals surface area contributed by atoms with Crippen LogP contribution in [0, 0.1) is 0 Å². The van der Waals surface area contributed by atoms with E-state index >= 15 is 0 Å². The number of nitrogens with one attached hydrogen (secondary N) is 1. The molecular formula is C21H20N6O2. The minimum Gasteiger partial charge on any atom is -0.493 e. The highest BCUT2D eigenvalue weighted by atomic mass is 16.5. The minimum atomic E-state index is 0.229. The maximum Gasteiger partial charge on any atom is 0.165 e. The number of anilines is 1. The molecule has 0 radical (unpaired) electrons. The Labute approximate surface area is 167 Å². The van der Waals surface area contributed by atoms with Crippen LogP contribution in [0.1, 0.15) is 28.2 Å². The van der Waals surface area contributed by atoms with Crippen molar-refractivity contribution in [2.24, 2.45) is 7.05 Å². The van der Waals surface area contributed by atoms with Crippen LogP contribution in [0.2, 0.25) is 0 Å². The maximum absolute atomic E-state index is 6.32. The molecule has 1 N–H and O–H groups in total. The van der Waals surface area contributed by atoms with E-state index in [0.29, 0.717) is 26.2 Å². The third-order valence-corrected chi connectivity index (χ3v) is 5.66. The minimum absolute atomic E-state index is 0.229. The van der Waals surface area contributed by atoms with Crippen LogP contribution >= 0.6 is 0 Å². The quantitative estimate of drug-likeness (QED) is 0.569. The molecule has 6 rings (SSSR count). The van der Waals surface area contributed by atoms with E-state index in [0.717, 1.165) is 34.1 Å². The molecule has 8 nitrogen and oxygen atoms in total. The molecule has 0 spiro atoms. The van der Waals surface area contributed by atoms with E-state index in [9.17, 15) is 0 Å². The Hall–Kier alpha value is -3.55. The number of ether oxygens (including phenoxy) is 2. The lowest BCUT2D eigenvalue weighted by molar-refractivity contribution is 0.248. The molecule has 0 unspecified atom stereocenters. The molecule has 0 saturated heterocycles. The van der Waals surface area contributed by atoms with Gasteiger partial charge in [0.05, 0.1) is 25.3 Å². The highest BCUT2D eigenvalue weighted by Gasteiger charge is 2.29. The third-order valence-electron chi connectivity index (χ3n) is 5.66. The van der Waals surface area contributed by atoms with Gasteiger partial charge in [-0.1, -0.05) is 12.1 Å². The molecule has 0 bridgehead atoms. The van der Waals surface area contributed by atoms with Gasteiger partial charge in [0.2, 0.25) is 0 Å². The SMILES string of the molecule is Cn1cc(Cc2cc3c(n4cnnc24)NCc2cccc4c2[C@@H](CO4)CO3)cn1. The highest BCUT2D eigenvalue weighted by Crippen LogP contribution is 2.40. The molecule has 8 heteroatoms. The summed E-state index contributed by atoms with van der Waals surface area (Å²) in [5.41, 5.74) is 5.49. The van der Waals surface area contributed by atoms with Gasteiger partial charge >= 0.3 is 0 Å². The lowest BCUT2D eigenvalue weighted by Crippen LogP contribution is -2.13. The Balaban J connectivity index is 1.44. The summed E-state index contributed by atoms with van der Waals surface area (Å²) in [6.07, 6.45) is 6.34. The Morgan fingerprint density at radius 1 is 1.21 bits per heavy atom. The Bertz CT molecular complexity index is 1230. The Kier molecular flexibility index (Phi) is 3.53. The summed E-state index contributed by atoms with van der Waals surface area (Å²) in [4.78, 5) is 0. The summed E-state index contributed by atoms with van der Waals surface area (Å²) < 4.78 is 16.0. The van der Waals surface area contributed by atoms with Crippen LogP contribution in [-0.4, -0.2) is 37.6 Å². The van der Waals surface area contributed by atoms with Gasteiger partial charge in [-0.15, -0.1) is 10.2 Å². The average Bonchev–Trinajstić information content (AvgIpc) is 3.45. The van der Waals surface area contributed by atoms with Gasteiger partial charge in [0.25, 0.3) is 0 Å². The number of nitrogens with zero attached hydrogens (tertiary/aromatic N) is 5. The maximum atomic E-state index is 6.32. The van der Waals surface area contributed by atoms with Crippen molar-refractivity contribution in [2.75, 3.05) is 18.5 Å². The van der Waals surface area contributed by atoms with Crippen LogP contribution in [0.4, 0.5) is 5.82 Å². The van der Waals surface area contributed by atoms with Gasteiger partial charge in [0.1, 0.15) is 12.1 Å². The fourth-order valence-corrected chi connectivity index (χ4v) is 4.33. The number of aromatic nitrogens is 5. The standard InChI is InChI=1S/C21H20N6O2/c1-26-9-13(7-24-26)5-15-6-18-21(27-12-23-25-20(15)27)22-8-14-3-2-4-17-19(14)16(10-28-17)11-29-18/h2-4,6-7,9,12,16,22H,5,8,10-11H2,1H3/t16-/m0/s1. The Morgan fingerprint density at radius 2 is 2.10 bits per heavy atom. The van der Waals surface area contributed by atoms with Gasteiger partial charge in [-0.05, 0) is 23.3 Å². The smallest absolute Gasteiger partial charge is 0.165 e. The normalized spacial score (nSPS) is 17.3. The van der Waals surface area contributed by atoms with Gasteiger partial charge in [-0.3, -0.25) is 9.08 Å². The summed E-state index contributed by atoms with van der Waals surface area (Å²) in [6.45, 7) is 1.91. The van der Waals surface area contributed by atoms with Crippen molar-refractivity contribution >= 4 is 11.5 Å². The fourth-order valence-electron chi connectivity index (χ4n) is 4.33. The summed E-state index contributed by atoms with van der Waals surface area (Å²) >= 11 is 0. The lowest BCUT2D eigenvalue weighted by Gasteiger charge is -2.16. The zero-order valence-corrected chi connectivity index (χ0v) is 16.0. The monoisotopic (exact) mass is 388 g/mol. The van der Waals surface area contributed by atoms with Crippen molar-refractivity contribution in [2.45, 2.75) is 18.9 Å². The van der Waals surface area contributed by atoms with E-state index in [1.54, 1.807) is 11.0 Å². The average molecular weight is 388 g/mol. The van der Waals surface area contributed by atoms with E-state index < -0.39 is 0 Å². The number of benzene rings is 1. The first-order valence-corrected chi connectivity index (χ1v) is 9.70. The molecular weight excluding hydrogens is 368 g/mol. The van der Waals surface area contributed by atoms with Gasteiger partial charge < -0.3 is 14.8 Å². The van der Waals surface area contributed by atoms with Crippen molar-refractivity contribution < 1.29 is 9.47 Å². The van der Waals surface area contributed by atoms with Crippen molar-refractivity contribution in [1.82, 2.24) is 24.4 Å². The van der Waals surface area contributed by atoms with E-state index in [4.69, 9.17) is 9.47 Å². The number of hydrogen-bond donors (Lipinski definition) is 1. The molecule has 1 atom stereocenters. The molecule has 1 aromatic carbocycles. The summed E-state index contributed by atoms with van der Waals surface area (Å²) in [5, 5.41) is 16.3. The van der Waals surface area contributed by atoms with Crippen LogP contribution in [0.25, 0.3) is 5.65 Å². The van der Waals surface area contributed by atoms with Gasteiger partial charge in [0.15, 0.2) is 17.2 Å². The topological polar surface area (TPSA) is 78.5 Å². The summed E-state index contributed by atoms with van der Waals surface area (Å²) in [6, 6.07) is 8.31. The second-order valence-corrected chi connectivity index (χ2v) is 7.61. The van der Waals surface area contributed by atoms with Crippen molar-refractivity contribution in [1.29, 1.82) is 0 Å². The fraction of sp³-hybridized carbons (Fsp3) is 0.286. The number of aryl methyl sites for hydroxylation is 1. The summed E-state index contributed by atoms with van der Waals surface area (Å²) in [7, 11) is 1.92. The number of fused-ring (bicyclic) bond motifs is 3. The number of rotatable bonds is 2. The van der Waals surface area contributed by atoms with Crippen LogP contribution in [0.3, 0.4) is 0 Å². The van der Waals surface area contributed by atoms with Gasteiger partial charge in [-0.2, -0.15) is 5.10 Å². The van der Waals surface area contributed by atoms with Crippen LogP contribution in [0.5, 0.6) is 11.5 Å². The van der Waals surface area contributed by atoms with E-state index in [-0.39, 0.29) is 5.92 Å². The lowest BCUT2D eigenvalue weighted by atomic mass is 9.96. The van der Waals surface area contributed by atoms with Crippen molar-refractivity contribution in [3.63, 3.8) is 0 Å². The van der Waals surface area contributed by atoms with Crippen LogP contribution in [0.15, 0.2) is 43.0 Å². The molecule has 5 heterocycles. The van der Waals surface area contributed by atoms with Crippen LogP contribution < -0.4 is 14.8 Å². The largest absolute Gasteiger partial charge is 0.493 e. The third kappa shape index (κ3) is 2.63. The van der Waals surface area contributed by atoms with Crippen molar-refractivity contribution in [3.8, 4) is 11.5 Å². The second kappa shape index (κ2) is 6.23. The van der Waals surface area contributed by atoms with E-state index in [1.165, 1.54) is 11.1 Å². The predicted octanol–water partition coefficient (Wildman–Crippen LogP) is 2.53. The molecule has 146 valence electrons. The molecule has 2 aliphatic heterocycles. The Morgan fingerprint density at radius 3 is 2.97 bits per heavy atom. The summed E-state index contributed by atoms with van der Waals surface area (Å²) in [5.74, 6) is 2.87. The van der Waals surface area contributed by atoms with Gasteiger partial charge in [-0.25, -0.2) is 0 Å². The zero-order chi connectivity index (χ0) is 19.4. The molecule has 3 aromatic heterocycles. The molecule has 29 heavy (non-hydrogen) atoms. The highest BCUT2D eigenvalue weighted by molar-refractivity contribution is 5.64. The molecule has 2 aliphatic rings. The van der Waals surface area contributed by atoms with E-state index in [1.807, 2.05) is 36.0 Å². The molecule has 0 aliphatic carbocycles. The van der Waals surface area contributed by atoms with Gasteiger partial charge in [0, 0.05) is 37.3 Å². The molecule has 0 fully saturated rings. The van der Waals surface area contributed by atoms with E-state index in [2.05, 4.69) is 32.7 Å². The first kappa shape index (κ1) is 16.4. The number of pyridine rings is 1. The second-order valence-electron chi connectivity index (χ2n) is 7.61. The van der Waals surface area contributed by atoms with Crippen molar-refractivity contribution in [3.05, 3.63) is 65.2 Å².